The van der Waals surface area contributed by atoms with E-state index in [1.165, 1.54) is 6.07 Å². The zero-order valence-electron chi connectivity index (χ0n) is 10.4. The van der Waals surface area contributed by atoms with Crippen molar-refractivity contribution in [1.29, 1.82) is 5.26 Å². The van der Waals surface area contributed by atoms with Crippen molar-refractivity contribution in [2.24, 2.45) is 0 Å². The summed E-state index contributed by atoms with van der Waals surface area (Å²) in [6.45, 7) is -0.224. The molecule has 2 aromatic carbocycles. The van der Waals surface area contributed by atoms with Gasteiger partial charge in [-0.2, -0.15) is 5.26 Å². The molecule has 4 nitrogen and oxygen atoms in total. The highest BCUT2D eigenvalue weighted by molar-refractivity contribution is 6.30. The number of nitriles is 1. The van der Waals surface area contributed by atoms with Gasteiger partial charge in [-0.15, -0.1) is 0 Å². The first kappa shape index (κ1) is 13.9. The molecule has 5 heteroatoms. The fourth-order valence-corrected chi connectivity index (χ4v) is 1.59. The van der Waals surface area contributed by atoms with Gasteiger partial charge in [0.2, 0.25) is 0 Å². The van der Waals surface area contributed by atoms with Crippen LogP contribution in [-0.4, -0.2) is 12.6 Å². The minimum Gasteiger partial charge on any atom is -0.482 e. The van der Waals surface area contributed by atoms with Crippen LogP contribution in [0.1, 0.15) is 5.56 Å². The first-order chi connectivity index (χ1) is 9.67. The Morgan fingerprint density at radius 1 is 1.15 bits per heavy atom. The van der Waals surface area contributed by atoms with Crippen LogP contribution in [0.15, 0.2) is 48.5 Å². The lowest BCUT2D eigenvalue weighted by molar-refractivity contribution is -0.136. The summed E-state index contributed by atoms with van der Waals surface area (Å²) in [5.41, 5.74) is 0.425. The van der Waals surface area contributed by atoms with Gasteiger partial charge in [0.15, 0.2) is 6.61 Å². The van der Waals surface area contributed by atoms with Crippen molar-refractivity contribution in [1.82, 2.24) is 0 Å². The van der Waals surface area contributed by atoms with Crippen LogP contribution in [0.25, 0.3) is 0 Å². The van der Waals surface area contributed by atoms with Crippen molar-refractivity contribution in [3.63, 3.8) is 0 Å². The summed E-state index contributed by atoms with van der Waals surface area (Å²) in [4.78, 5) is 11.6. The number of carbonyl (C=O) groups excluding carboxylic acids is 1. The van der Waals surface area contributed by atoms with E-state index in [0.717, 1.165) is 0 Å². The summed E-state index contributed by atoms with van der Waals surface area (Å²) in [5, 5.41) is 9.34. The number of hydrogen-bond acceptors (Lipinski definition) is 4. The minimum atomic E-state index is -0.546. The third-order valence-electron chi connectivity index (χ3n) is 2.37. The Hall–Kier alpha value is -2.51. The van der Waals surface area contributed by atoms with Crippen molar-refractivity contribution < 1.29 is 14.3 Å². The van der Waals surface area contributed by atoms with E-state index in [-0.39, 0.29) is 6.61 Å². The van der Waals surface area contributed by atoms with E-state index in [1.54, 1.807) is 42.5 Å². The van der Waals surface area contributed by atoms with Crippen molar-refractivity contribution in [3.8, 4) is 17.6 Å². The Morgan fingerprint density at radius 3 is 2.60 bits per heavy atom. The van der Waals surface area contributed by atoms with E-state index in [1.807, 2.05) is 6.07 Å². The Morgan fingerprint density at radius 2 is 1.90 bits per heavy atom. The second kappa shape index (κ2) is 6.60. The molecule has 100 valence electrons. The molecule has 0 amide bonds. The highest BCUT2D eigenvalue weighted by Crippen LogP contribution is 2.16. The number of benzene rings is 2. The molecule has 0 saturated heterocycles. The average molecular weight is 288 g/mol. The van der Waals surface area contributed by atoms with Crippen LogP contribution in [-0.2, 0) is 4.79 Å². The number of esters is 1. The van der Waals surface area contributed by atoms with Gasteiger partial charge in [-0.25, -0.2) is 4.79 Å². The lowest BCUT2D eigenvalue weighted by Gasteiger charge is -2.06. The van der Waals surface area contributed by atoms with Crippen LogP contribution in [0.2, 0.25) is 5.02 Å². The van der Waals surface area contributed by atoms with E-state index in [9.17, 15) is 4.79 Å². The lowest BCUT2D eigenvalue weighted by Crippen LogP contribution is -2.17. The Bertz CT molecular complexity index is 647. The monoisotopic (exact) mass is 287 g/mol. The zero-order valence-corrected chi connectivity index (χ0v) is 11.1. The molecule has 2 aromatic rings. The number of nitrogens with zero attached hydrogens (tertiary/aromatic N) is 1. The smallest absolute Gasteiger partial charge is 0.349 e. The second-order valence-corrected chi connectivity index (χ2v) is 4.29. The van der Waals surface area contributed by atoms with Crippen LogP contribution in [0.5, 0.6) is 11.5 Å². The molecule has 0 fully saturated rings. The molecule has 0 heterocycles. The SMILES string of the molecule is N#Cc1cccc(OC(=O)COc2ccc(Cl)cc2)c1. The predicted octanol–water partition coefficient (Wildman–Crippen LogP) is 3.20. The highest BCUT2D eigenvalue weighted by Gasteiger charge is 2.06. The minimum absolute atomic E-state index is 0.224. The van der Waals surface area contributed by atoms with E-state index in [4.69, 9.17) is 26.3 Å². The van der Waals surface area contributed by atoms with Gasteiger partial charge in [0.25, 0.3) is 0 Å². The fraction of sp³-hybridized carbons (Fsp3) is 0.0667. The summed E-state index contributed by atoms with van der Waals surface area (Å²) in [7, 11) is 0. The molecule has 0 atom stereocenters. The van der Waals surface area contributed by atoms with Gasteiger partial charge in [0.1, 0.15) is 11.5 Å². The molecule has 0 bridgehead atoms. The number of halogens is 1. The maximum Gasteiger partial charge on any atom is 0.349 e. The Labute approximate surface area is 121 Å². The van der Waals surface area contributed by atoms with Gasteiger partial charge in [0, 0.05) is 5.02 Å². The normalized spacial score (nSPS) is 9.60. The molecule has 0 aromatic heterocycles. The molecular formula is C15H10ClNO3. The van der Waals surface area contributed by atoms with Gasteiger partial charge in [0.05, 0.1) is 11.6 Å². The largest absolute Gasteiger partial charge is 0.482 e. The number of carbonyl (C=O) groups is 1. The third kappa shape index (κ3) is 4.01. The molecule has 2 rings (SSSR count). The van der Waals surface area contributed by atoms with Crippen LogP contribution in [0.3, 0.4) is 0 Å². The van der Waals surface area contributed by atoms with Gasteiger partial charge in [-0.3, -0.25) is 0 Å². The topological polar surface area (TPSA) is 59.3 Å². The van der Waals surface area contributed by atoms with Crippen molar-refractivity contribution >= 4 is 17.6 Å². The van der Waals surface area contributed by atoms with Gasteiger partial charge >= 0.3 is 5.97 Å². The summed E-state index contributed by atoms with van der Waals surface area (Å²) in [6, 6.07) is 15.0. The Balaban J connectivity index is 1.89. The lowest BCUT2D eigenvalue weighted by atomic mass is 10.2. The third-order valence-corrected chi connectivity index (χ3v) is 2.62. The molecule has 20 heavy (non-hydrogen) atoms. The van der Waals surface area contributed by atoms with Gasteiger partial charge in [-0.05, 0) is 42.5 Å². The average Bonchev–Trinajstić information content (AvgIpc) is 2.47. The molecule has 0 aliphatic rings. The van der Waals surface area contributed by atoms with Crippen molar-refractivity contribution in [2.45, 2.75) is 0 Å². The fourth-order valence-electron chi connectivity index (χ4n) is 1.46. The quantitative estimate of drug-likeness (QED) is 0.640. The summed E-state index contributed by atoms with van der Waals surface area (Å²) in [5.74, 6) is 0.293. The van der Waals surface area contributed by atoms with Crippen LogP contribution < -0.4 is 9.47 Å². The van der Waals surface area contributed by atoms with E-state index in [0.29, 0.717) is 22.1 Å². The summed E-state index contributed by atoms with van der Waals surface area (Å²) >= 11 is 5.74. The molecule has 0 saturated carbocycles. The number of hydrogen-bond donors (Lipinski definition) is 0. The number of ether oxygens (including phenoxy) is 2. The zero-order chi connectivity index (χ0) is 14.4. The number of rotatable bonds is 4. The molecule has 0 N–H and O–H groups in total. The van der Waals surface area contributed by atoms with Gasteiger partial charge in [-0.1, -0.05) is 17.7 Å². The maximum absolute atomic E-state index is 11.6. The van der Waals surface area contributed by atoms with Crippen LogP contribution in [0, 0.1) is 11.3 Å². The molecule has 0 aliphatic carbocycles. The summed E-state index contributed by atoms with van der Waals surface area (Å²) in [6.07, 6.45) is 0. The first-order valence-corrected chi connectivity index (χ1v) is 6.14. The van der Waals surface area contributed by atoms with E-state index in [2.05, 4.69) is 0 Å². The highest BCUT2D eigenvalue weighted by atomic mass is 35.5. The molecule has 0 radical (unpaired) electrons. The van der Waals surface area contributed by atoms with Gasteiger partial charge < -0.3 is 9.47 Å². The second-order valence-electron chi connectivity index (χ2n) is 3.86. The predicted molar refractivity (Wildman–Crippen MR) is 73.7 cm³/mol. The van der Waals surface area contributed by atoms with Crippen molar-refractivity contribution in [3.05, 3.63) is 59.1 Å². The van der Waals surface area contributed by atoms with E-state index < -0.39 is 5.97 Å². The first-order valence-electron chi connectivity index (χ1n) is 5.76. The maximum atomic E-state index is 11.6. The Kier molecular flexibility index (Phi) is 4.59. The summed E-state index contributed by atoms with van der Waals surface area (Å²) < 4.78 is 10.3. The van der Waals surface area contributed by atoms with E-state index >= 15 is 0 Å². The molecular weight excluding hydrogens is 278 g/mol. The standard InChI is InChI=1S/C15H10ClNO3/c16-12-4-6-13(7-5-12)19-10-15(18)20-14-3-1-2-11(8-14)9-17/h1-8H,10H2. The van der Waals surface area contributed by atoms with Crippen LogP contribution in [0.4, 0.5) is 0 Å². The van der Waals surface area contributed by atoms with Crippen LogP contribution >= 0.6 is 11.6 Å². The molecule has 0 spiro atoms. The molecule has 0 unspecified atom stereocenters. The molecule has 0 aliphatic heterocycles. The van der Waals surface area contributed by atoms with Crippen molar-refractivity contribution in [2.75, 3.05) is 6.61 Å².